The van der Waals surface area contributed by atoms with Gasteiger partial charge in [-0.25, -0.2) is 4.39 Å². The third-order valence-corrected chi connectivity index (χ3v) is 4.81. The molecule has 1 aromatic rings. The molecular weight excluding hydrogens is 311 g/mol. The summed E-state index contributed by atoms with van der Waals surface area (Å²) in [4.78, 5) is 16.5. The summed E-state index contributed by atoms with van der Waals surface area (Å²) in [5.41, 5.74) is 1.16. The van der Waals surface area contributed by atoms with E-state index < -0.39 is 6.17 Å². The van der Waals surface area contributed by atoms with Crippen LogP contribution in [0.5, 0.6) is 5.75 Å². The van der Waals surface area contributed by atoms with Gasteiger partial charge in [-0.1, -0.05) is 12.1 Å². The Morgan fingerprint density at radius 3 is 2.67 bits per heavy atom. The largest absolute Gasteiger partial charge is 0.497 e. The van der Waals surface area contributed by atoms with Gasteiger partial charge in [-0.2, -0.15) is 0 Å². The molecule has 24 heavy (non-hydrogen) atoms. The predicted octanol–water partition coefficient (Wildman–Crippen LogP) is 1.51. The molecule has 6 heteroatoms. The van der Waals surface area contributed by atoms with E-state index in [4.69, 9.17) is 9.47 Å². The number of hydrogen-bond acceptors (Lipinski definition) is 4. The number of benzene rings is 1. The van der Waals surface area contributed by atoms with Crippen LogP contribution >= 0.6 is 0 Å². The Morgan fingerprint density at radius 1 is 1.29 bits per heavy atom. The fourth-order valence-corrected chi connectivity index (χ4v) is 3.41. The van der Waals surface area contributed by atoms with E-state index in [0.29, 0.717) is 45.8 Å². The number of halogens is 1. The van der Waals surface area contributed by atoms with Crippen LogP contribution in [0.25, 0.3) is 0 Å². The number of nitrogens with zero attached hydrogens (tertiary/aromatic N) is 2. The molecule has 1 amide bonds. The Balaban J connectivity index is 1.58. The summed E-state index contributed by atoms with van der Waals surface area (Å²) in [7, 11) is 1.64. The molecule has 2 aliphatic heterocycles. The molecule has 0 unspecified atom stereocenters. The molecule has 2 fully saturated rings. The highest BCUT2D eigenvalue weighted by atomic mass is 19.1. The Labute approximate surface area is 142 Å². The number of rotatable bonds is 5. The number of ether oxygens (including phenoxy) is 2. The van der Waals surface area contributed by atoms with Gasteiger partial charge >= 0.3 is 0 Å². The first-order chi connectivity index (χ1) is 11.7. The van der Waals surface area contributed by atoms with Gasteiger partial charge in [-0.3, -0.25) is 9.69 Å². The lowest BCUT2D eigenvalue weighted by molar-refractivity contribution is -0.140. The number of carbonyl (C=O) groups excluding carboxylic acids is 1. The van der Waals surface area contributed by atoms with Gasteiger partial charge in [-0.15, -0.1) is 0 Å². The maximum absolute atomic E-state index is 13.9. The first kappa shape index (κ1) is 17.2. The fourth-order valence-electron chi connectivity index (χ4n) is 3.41. The van der Waals surface area contributed by atoms with E-state index in [1.165, 1.54) is 0 Å². The maximum atomic E-state index is 13.9. The minimum Gasteiger partial charge on any atom is -0.497 e. The second kappa shape index (κ2) is 7.94. The van der Waals surface area contributed by atoms with Crippen molar-refractivity contribution >= 4 is 5.91 Å². The molecule has 5 nitrogen and oxygen atoms in total. The van der Waals surface area contributed by atoms with Crippen LogP contribution in [0.3, 0.4) is 0 Å². The normalized spacial score (nSPS) is 25.0. The molecule has 0 saturated carbocycles. The van der Waals surface area contributed by atoms with Gasteiger partial charge in [0.25, 0.3) is 0 Å². The lowest BCUT2D eigenvalue weighted by atomic mass is 10.1. The molecule has 0 aromatic heterocycles. The van der Waals surface area contributed by atoms with Gasteiger partial charge < -0.3 is 14.4 Å². The summed E-state index contributed by atoms with van der Waals surface area (Å²) in [5, 5.41) is 0. The lowest BCUT2D eigenvalue weighted by Crippen LogP contribution is -2.50. The third-order valence-electron chi connectivity index (χ3n) is 4.81. The van der Waals surface area contributed by atoms with Gasteiger partial charge in [-0.05, 0) is 24.1 Å². The maximum Gasteiger partial charge on any atom is 0.240 e. The Bertz CT molecular complexity index is 546. The predicted molar refractivity (Wildman–Crippen MR) is 89.0 cm³/mol. The van der Waals surface area contributed by atoms with E-state index in [1.54, 1.807) is 7.11 Å². The van der Waals surface area contributed by atoms with Crippen LogP contribution in [0.4, 0.5) is 4.39 Å². The summed E-state index contributed by atoms with van der Waals surface area (Å²) < 4.78 is 24.4. The number of morpholine rings is 1. The average Bonchev–Trinajstić information content (AvgIpc) is 3.01. The minimum absolute atomic E-state index is 0.0492. The number of carbonyl (C=O) groups is 1. The van der Waals surface area contributed by atoms with E-state index in [1.807, 2.05) is 34.1 Å². The van der Waals surface area contributed by atoms with Crippen molar-refractivity contribution in [2.75, 3.05) is 46.5 Å². The molecule has 1 aromatic carbocycles. The molecule has 2 aliphatic rings. The van der Waals surface area contributed by atoms with Crippen molar-refractivity contribution in [1.82, 2.24) is 9.80 Å². The van der Waals surface area contributed by atoms with Crippen LogP contribution in [-0.2, 0) is 16.0 Å². The molecule has 0 bridgehead atoms. The molecule has 0 spiro atoms. The van der Waals surface area contributed by atoms with Crippen molar-refractivity contribution in [3.63, 3.8) is 0 Å². The highest BCUT2D eigenvalue weighted by molar-refractivity contribution is 5.82. The second-order valence-electron chi connectivity index (χ2n) is 6.38. The molecule has 0 N–H and O–H groups in total. The van der Waals surface area contributed by atoms with E-state index in [2.05, 4.69) is 0 Å². The van der Waals surface area contributed by atoms with Crippen molar-refractivity contribution in [3.8, 4) is 5.75 Å². The van der Waals surface area contributed by atoms with Crippen molar-refractivity contribution in [2.45, 2.75) is 25.1 Å². The SMILES string of the molecule is COc1ccc(CCN2C[C@H](F)C[C@H]2C(=O)N2CCOCC2)cc1. The van der Waals surface area contributed by atoms with E-state index in [9.17, 15) is 9.18 Å². The summed E-state index contributed by atoms with van der Waals surface area (Å²) in [6, 6.07) is 7.54. The smallest absolute Gasteiger partial charge is 0.240 e. The molecule has 0 aliphatic carbocycles. The standard InChI is InChI=1S/C18H25FN2O3/c1-23-16-4-2-14(3-5-16)6-7-21-13-15(19)12-17(21)18(22)20-8-10-24-11-9-20/h2-5,15,17H,6-13H2,1H3/t15-,17+/m1/s1. The van der Waals surface area contributed by atoms with Crippen molar-refractivity contribution < 1.29 is 18.7 Å². The molecule has 0 radical (unpaired) electrons. The Kier molecular flexibility index (Phi) is 5.68. The zero-order valence-corrected chi connectivity index (χ0v) is 14.1. The molecule has 132 valence electrons. The van der Waals surface area contributed by atoms with Crippen LogP contribution in [0.15, 0.2) is 24.3 Å². The Morgan fingerprint density at radius 2 is 2.00 bits per heavy atom. The summed E-state index contributed by atoms with van der Waals surface area (Å²) in [5.74, 6) is 0.872. The first-order valence-electron chi connectivity index (χ1n) is 8.55. The van der Waals surface area contributed by atoms with E-state index in [0.717, 1.165) is 17.7 Å². The molecule has 2 atom stereocenters. The summed E-state index contributed by atoms with van der Waals surface area (Å²) >= 11 is 0. The van der Waals surface area contributed by atoms with Gasteiger partial charge in [0.05, 0.1) is 26.4 Å². The van der Waals surface area contributed by atoms with Crippen molar-refractivity contribution in [1.29, 1.82) is 0 Å². The number of amides is 1. The zero-order valence-electron chi connectivity index (χ0n) is 14.1. The average molecular weight is 336 g/mol. The monoisotopic (exact) mass is 336 g/mol. The number of alkyl halides is 1. The zero-order chi connectivity index (χ0) is 16.9. The molecule has 2 saturated heterocycles. The van der Waals surface area contributed by atoms with Crippen LogP contribution in [0.2, 0.25) is 0 Å². The van der Waals surface area contributed by atoms with Gasteiger partial charge in [0, 0.05) is 32.6 Å². The highest BCUT2D eigenvalue weighted by Crippen LogP contribution is 2.23. The van der Waals surface area contributed by atoms with Crippen LogP contribution in [0.1, 0.15) is 12.0 Å². The van der Waals surface area contributed by atoms with Gasteiger partial charge in [0.2, 0.25) is 5.91 Å². The van der Waals surface area contributed by atoms with Crippen LogP contribution in [-0.4, -0.2) is 74.4 Å². The quantitative estimate of drug-likeness (QED) is 0.817. The first-order valence-corrected chi connectivity index (χ1v) is 8.55. The highest BCUT2D eigenvalue weighted by Gasteiger charge is 2.38. The topological polar surface area (TPSA) is 42.0 Å². The lowest BCUT2D eigenvalue weighted by Gasteiger charge is -2.32. The third kappa shape index (κ3) is 4.05. The van der Waals surface area contributed by atoms with Crippen molar-refractivity contribution in [3.05, 3.63) is 29.8 Å². The second-order valence-corrected chi connectivity index (χ2v) is 6.38. The molecular formula is C18H25FN2O3. The number of methoxy groups -OCH3 is 1. The van der Waals surface area contributed by atoms with Gasteiger partial charge in [0.15, 0.2) is 0 Å². The van der Waals surface area contributed by atoms with Crippen LogP contribution < -0.4 is 4.74 Å². The van der Waals surface area contributed by atoms with E-state index in [-0.39, 0.29) is 11.9 Å². The summed E-state index contributed by atoms with van der Waals surface area (Å²) in [6.45, 7) is 3.40. The van der Waals surface area contributed by atoms with Crippen LogP contribution in [0, 0.1) is 0 Å². The number of likely N-dealkylation sites (tertiary alicyclic amines) is 1. The molecule has 3 rings (SSSR count). The minimum atomic E-state index is -0.921. The Hall–Kier alpha value is -1.66. The van der Waals surface area contributed by atoms with Crippen molar-refractivity contribution in [2.24, 2.45) is 0 Å². The molecule has 2 heterocycles. The fraction of sp³-hybridized carbons (Fsp3) is 0.611. The van der Waals surface area contributed by atoms with E-state index >= 15 is 0 Å². The number of hydrogen-bond donors (Lipinski definition) is 0. The van der Waals surface area contributed by atoms with Gasteiger partial charge in [0.1, 0.15) is 11.9 Å². The summed E-state index contributed by atoms with van der Waals surface area (Å²) in [6.07, 6.45) is 0.179.